The molecule has 0 saturated heterocycles. The molecule has 34 heavy (non-hydrogen) atoms. The summed E-state index contributed by atoms with van der Waals surface area (Å²) in [7, 11) is 1.88. The van der Waals surface area contributed by atoms with Crippen molar-refractivity contribution in [2.24, 2.45) is 12.5 Å². The Morgan fingerprint density at radius 2 is 1.65 bits per heavy atom. The molecule has 0 amide bonds. The summed E-state index contributed by atoms with van der Waals surface area (Å²) in [6.07, 6.45) is -4.52. The van der Waals surface area contributed by atoms with Crippen LogP contribution in [0.1, 0.15) is 25.0 Å². The lowest BCUT2D eigenvalue weighted by Gasteiger charge is -2.28. The average molecular weight is 467 g/mol. The third-order valence-corrected chi connectivity index (χ3v) is 6.62. The molecule has 0 aliphatic rings. The first-order chi connectivity index (χ1) is 16.0. The third-order valence-electron chi connectivity index (χ3n) is 6.62. The molecular formula is C27H23F4N2O+. The Labute approximate surface area is 193 Å². The Kier molecular flexibility index (Phi) is 4.93. The number of hydrogen-bond acceptors (Lipinski definition) is 2. The zero-order valence-electron chi connectivity index (χ0n) is 19.2. The zero-order chi connectivity index (χ0) is 24.4. The van der Waals surface area contributed by atoms with Gasteiger partial charge in [-0.3, -0.25) is 0 Å². The van der Waals surface area contributed by atoms with Crippen LogP contribution < -0.4 is 4.57 Å². The first kappa shape index (κ1) is 22.3. The normalized spacial score (nSPS) is 12.8. The molecule has 5 aromatic rings. The number of nitrogens with zero attached hydrogens (tertiary/aromatic N) is 2. The van der Waals surface area contributed by atoms with Crippen LogP contribution in [0.4, 0.5) is 17.6 Å². The maximum absolute atomic E-state index is 13.8. The lowest BCUT2D eigenvalue weighted by molar-refractivity contribution is -0.633. The van der Waals surface area contributed by atoms with E-state index in [-0.39, 0.29) is 12.1 Å². The molecule has 0 bridgehead atoms. The summed E-state index contributed by atoms with van der Waals surface area (Å²) >= 11 is 0. The highest BCUT2D eigenvalue weighted by molar-refractivity contribution is 6.08. The minimum atomic E-state index is -4.35. The predicted molar refractivity (Wildman–Crippen MR) is 124 cm³/mol. The summed E-state index contributed by atoms with van der Waals surface area (Å²) in [5.41, 5.74) is 2.56. The molecule has 0 spiro atoms. The van der Waals surface area contributed by atoms with E-state index < -0.39 is 17.5 Å². The molecule has 5 rings (SSSR count). The fourth-order valence-corrected chi connectivity index (χ4v) is 4.58. The first-order valence-electron chi connectivity index (χ1n) is 10.9. The van der Waals surface area contributed by atoms with Crippen LogP contribution in [0.3, 0.4) is 0 Å². The molecule has 0 N–H and O–H groups in total. The minimum Gasteiger partial charge on any atom is -0.437 e. The number of furan rings is 1. The summed E-state index contributed by atoms with van der Waals surface area (Å²) in [5.74, 6) is -0.641. The molecule has 3 nitrogen and oxygen atoms in total. The number of para-hydroxylation sites is 1. The average Bonchev–Trinajstić information content (AvgIpc) is 3.12. The van der Waals surface area contributed by atoms with Crippen molar-refractivity contribution in [2.45, 2.75) is 33.4 Å². The second-order valence-corrected chi connectivity index (χ2v) is 9.41. The van der Waals surface area contributed by atoms with Gasteiger partial charge in [0.2, 0.25) is 22.9 Å². The Bertz CT molecular complexity index is 1580. The molecule has 0 fully saturated rings. The second kappa shape index (κ2) is 7.52. The van der Waals surface area contributed by atoms with E-state index in [0.717, 1.165) is 27.4 Å². The van der Waals surface area contributed by atoms with Gasteiger partial charge in [-0.1, -0.05) is 38.1 Å². The van der Waals surface area contributed by atoms with Crippen LogP contribution in [0.5, 0.6) is 0 Å². The maximum atomic E-state index is 13.8. The van der Waals surface area contributed by atoms with Crippen molar-refractivity contribution < 1.29 is 26.5 Å². The van der Waals surface area contributed by atoms with E-state index in [2.05, 4.69) is 4.98 Å². The van der Waals surface area contributed by atoms with Gasteiger partial charge in [0.1, 0.15) is 7.05 Å². The van der Waals surface area contributed by atoms with Crippen molar-refractivity contribution >= 4 is 33.0 Å². The van der Waals surface area contributed by atoms with E-state index in [1.807, 2.05) is 61.0 Å². The number of rotatable bonds is 3. The first-order valence-corrected chi connectivity index (χ1v) is 10.9. The number of hydrogen-bond donors (Lipinski definition) is 0. The molecule has 2 aromatic carbocycles. The molecule has 0 aliphatic carbocycles. The number of fused-ring (bicyclic) bond motifs is 4. The van der Waals surface area contributed by atoms with Gasteiger partial charge in [0.25, 0.3) is 0 Å². The van der Waals surface area contributed by atoms with E-state index in [1.165, 1.54) is 19.9 Å². The second-order valence-electron chi connectivity index (χ2n) is 9.41. The van der Waals surface area contributed by atoms with Crippen LogP contribution in [0.2, 0.25) is 0 Å². The van der Waals surface area contributed by atoms with Crippen molar-refractivity contribution in [1.29, 1.82) is 0 Å². The Morgan fingerprint density at radius 3 is 2.38 bits per heavy atom. The van der Waals surface area contributed by atoms with Gasteiger partial charge in [-0.25, -0.2) is 0 Å². The van der Waals surface area contributed by atoms with Crippen molar-refractivity contribution in [3.8, 4) is 11.3 Å². The Balaban J connectivity index is 1.84. The fourth-order valence-electron chi connectivity index (χ4n) is 4.58. The Morgan fingerprint density at radius 1 is 0.941 bits per heavy atom. The summed E-state index contributed by atoms with van der Waals surface area (Å²) < 4.78 is 63.1. The molecule has 0 atom stereocenters. The topological polar surface area (TPSA) is 29.9 Å². The molecule has 3 aromatic heterocycles. The number of aryl methyl sites for hydroxylation is 2. The SMILES string of the molecule is Cc1ccc2c(oc3nc(F)ccc32)c1-c1cc(CC(C)(C)C(F)(F)F)c2ccccc2[n+]1C. The highest BCUT2D eigenvalue weighted by atomic mass is 19.4. The van der Waals surface area contributed by atoms with Crippen molar-refractivity contribution in [3.05, 3.63) is 71.7 Å². The van der Waals surface area contributed by atoms with Crippen LogP contribution in [0.15, 0.2) is 59.0 Å². The van der Waals surface area contributed by atoms with Crippen molar-refractivity contribution in [1.82, 2.24) is 4.98 Å². The molecule has 0 aliphatic heterocycles. The standard InChI is InChI=1S/C27H23F4N2O/c1-15-9-10-18-19-11-12-22(28)32-25(19)34-24(18)23(15)21-13-16(14-26(2,3)27(29,30)31)17-7-5-6-8-20(17)33(21)4/h5-13H,14H2,1-4H3/q+1. The van der Waals surface area contributed by atoms with Crippen molar-refractivity contribution in [2.75, 3.05) is 0 Å². The summed E-state index contributed by atoms with van der Waals surface area (Å²) in [4.78, 5) is 3.88. The van der Waals surface area contributed by atoms with E-state index >= 15 is 0 Å². The summed E-state index contributed by atoms with van der Waals surface area (Å²) in [5, 5.41) is 2.22. The van der Waals surface area contributed by atoms with Gasteiger partial charge in [0.05, 0.1) is 11.0 Å². The lowest BCUT2D eigenvalue weighted by atomic mass is 9.83. The smallest absolute Gasteiger partial charge is 0.394 e. The van der Waals surface area contributed by atoms with E-state index in [4.69, 9.17) is 4.42 Å². The molecule has 0 unspecified atom stereocenters. The van der Waals surface area contributed by atoms with Crippen LogP contribution in [0.25, 0.3) is 44.2 Å². The quantitative estimate of drug-likeness (QED) is 0.160. The molecule has 0 radical (unpaired) electrons. The monoisotopic (exact) mass is 467 g/mol. The van der Waals surface area contributed by atoms with Gasteiger partial charge in [0, 0.05) is 28.3 Å². The Hall–Kier alpha value is -3.48. The number of benzene rings is 2. The van der Waals surface area contributed by atoms with E-state index in [0.29, 0.717) is 22.2 Å². The molecule has 7 heteroatoms. The molecular weight excluding hydrogens is 444 g/mol. The van der Waals surface area contributed by atoms with Gasteiger partial charge in [-0.15, -0.1) is 0 Å². The van der Waals surface area contributed by atoms with Crippen LogP contribution >= 0.6 is 0 Å². The van der Waals surface area contributed by atoms with Crippen LogP contribution in [0, 0.1) is 18.3 Å². The third kappa shape index (κ3) is 3.42. The predicted octanol–water partition coefficient (Wildman–Crippen LogP) is 7.20. The van der Waals surface area contributed by atoms with E-state index in [9.17, 15) is 17.6 Å². The number of alkyl halides is 3. The van der Waals surface area contributed by atoms with Gasteiger partial charge in [-0.05, 0) is 42.7 Å². The van der Waals surface area contributed by atoms with Gasteiger partial charge >= 0.3 is 6.18 Å². The highest BCUT2D eigenvalue weighted by Gasteiger charge is 2.47. The highest BCUT2D eigenvalue weighted by Crippen LogP contribution is 2.42. The molecule has 0 saturated carbocycles. The summed E-state index contributed by atoms with van der Waals surface area (Å²) in [6, 6.07) is 16.0. The number of aromatic nitrogens is 2. The number of halogens is 4. The van der Waals surface area contributed by atoms with Crippen LogP contribution in [-0.2, 0) is 13.5 Å². The number of pyridine rings is 2. The fraction of sp³-hybridized carbons (Fsp3) is 0.259. The van der Waals surface area contributed by atoms with E-state index in [1.54, 1.807) is 6.07 Å². The minimum absolute atomic E-state index is 0.174. The zero-order valence-corrected chi connectivity index (χ0v) is 19.2. The summed E-state index contributed by atoms with van der Waals surface area (Å²) in [6.45, 7) is 4.37. The van der Waals surface area contributed by atoms with Gasteiger partial charge in [-0.2, -0.15) is 27.1 Å². The lowest BCUT2D eigenvalue weighted by Crippen LogP contribution is -2.36. The van der Waals surface area contributed by atoms with Gasteiger partial charge < -0.3 is 4.42 Å². The van der Waals surface area contributed by atoms with Crippen molar-refractivity contribution in [3.63, 3.8) is 0 Å². The molecule has 174 valence electrons. The van der Waals surface area contributed by atoms with Gasteiger partial charge in [0.15, 0.2) is 5.58 Å². The molecule has 3 heterocycles. The maximum Gasteiger partial charge on any atom is 0.394 e. The van der Waals surface area contributed by atoms with Crippen LogP contribution in [-0.4, -0.2) is 11.2 Å². The largest absolute Gasteiger partial charge is 0.437 e.